The summed E-state index contributed by atoms with van der Waals surface area (Å²) >= 11 is 0. The van der Waals surface area contributed by atoms with Crippen LogP contribution in [0.1, 0.15) is 104 Å². The number of phenols is 1. The Morgan fingerprint density at radius 1 is 0.613 bits per heavy atom. The Morgan fingerprint density at radius 3 is 2.11 bits per heavy atom. The predicted molar refractivity (Wildman–Crippen MR) is 258 cm³/mol. The van der Waals surface area contributed by atoms with Gasteiger partial charge >= 0.3 is 0 Å². The van der Waals surface area contributed by atoms with Crippen molar-refractivity contribution in [3.63, 3.8) is 0 Å². The fourth-order valence-electron chi connectivity index (χ4n) is 9.91. The van der Waals surface area contributed by atoms with Crippen molar-refractivity contribution in [2.45, 2.75) is 96.3 Å². The highest BCUT2D eigenvalue weighted by atomic mass is 16.3. The third-order valence-electron chi connectivity index (χ3n) is 13.4. The first-order chi connectivity index (χ1) is 31.0. The van der Waals surface area contributed by atoms with Gasteiger partial charge in [-0.3, -0.25) is 9.55 Å². The number of benzene rings is 6. The molecule has 6 aromatic carbocycles. The van der Waals surface area contributed by atoms with E-state index in [1.165, 1.54) is 48.8 Å². The Bertz CT molecular complexity index is 2950. The number of phenolic OH excluding ortho intramolecular Hbond substituents is 1. The maximum atomic E-state index is 11.5. The number of hydrogen-bond donors (Lipinski definition) is 1. The molecule has 1 N–H and O–H groups in total. The summed E-state index contributed by atoms with van der Waals surface area (Å²) in [4.78, 5) is 10.4. The van der Waals surface area contributed by atoms with Crippen molar-refractivity contribution in [1.29, 1.82) is 0 Å². The Balaban J connectivity index is 1.14. The van der Waals surface area contributed by atoms with Crippen LogP contribution in [0, 0.1) is 5.92 Å². The van der Waals surface area contributed by atoms with Crippen LogP contribution in [0.4, 0.5) is 0 Å². The lowest BCUT2D eigenvalue weighted by Gasteiger charge is -2.22. The van der Waals surface area contributed by atoms with Crippen molar-refractivity contribution in [3.8, 4) is 67.5 Å². The third-order valence-corrected chi connectivity index (χ3v) is 13.4. The molecule has 8 aromatic rings. The molecular formula is C58H57N3O. The van der Waals surface area contributed by atoms with Crippen LogP contribution in [0.25, 0.3) is 72.7 Å². The largest absolute Gasteiger partial charge is 0.507 e. The van der Waals surface area contributed by atoms with E-state index in [0.29, 0.717) is 22.9 Å². The van der Waals surface area contributed by atoms with Gasteiger partial charge < -0.3 is 5.11 Å². The van der Waals surface area contributed by atoms with Gasteiger partial charge in [0.2, 0.25) is 0 Å². The topological polar surface area (TPSA) is 50.9 Å². The summed E-state index contributed by atoms with van der Waals surface area (Å²) in [7, 11) is 0. The van der Waals surface area contributed by atoms with Gasteiger partial charge in [-0.1, -0.05) is 157 Å². The Hall–Kier alpha value is -6.26. The quantitative estimate of drug-likeness (QED) is 0.158. The van der Waals surface area contributed by atoms with Gasteiger partial charge in [-0.2, -0.15) is 0 Å². The first kappa shape index (κ1) is 37.5. The van der Waals surface area contributed by atoms with Gasteiger partial charge in [-0.15, -0.1) is 0 Å². The second kappa shape index (κ2) is 16.9. The molecule has 2 heterocycles. The molecule has 2 aliphatic carbocycles. The molecular weight excluding hydrogens is 755 g/mol. The number of fused-ring (bicyclic) bond motifs is 1. The molecule has 62 heavy (non-hydrogen) atoms. The van der Waals surface area contributed by atoms with E-state index >= 15 is 0 Å². The summed E-state index contributed by atoms with van der Waals surface area (Å²) in [6, 6.07) is 50.5. The van der Waals surface area contributed by atoms with Crippen molar-refractivity contribution in [2.75, 3.05) is 0 Å². The number of para-hydroxylation sites is 2. The number of imidazole rings is 1. The molecule has 0 saturated heterocycles. The smallest absolute Gasteiger partial charge is 0.149 e. The van der Waals surface area contributed by atoms with Crippen LogP contribution >= 0.6 is 0 Å². The Labute approximate surface area is 370 Å². The molecule has 4 heteroatoms. The van der Waals surface area contributed by atoms with Crippen molar-refractivity contribution < 1.29 is 7.85 Å². The van der Waals surface area contributed by atoms with E-state index in [4.69, 9.17) is 9.97 Å². The van der Waals surface area contributed by atoms with Crippen LogP contribution in [0.3, 0.4) is 0 Å². The third kappa shape index (κ3) is 7.99. The zero-order valence-electron chi connectivity index (χ0n) is 38.2. The average Bonchev–Trinajstić information content (AvgIpc) is 4.02. The Kier molecular flexibility index (Phi) is 10.2. The average molecular weight is 814 g/mol. The van der Waals surface area contributed by atoms with Crippen LogP contribution in [0.2, 0.25) is 0 Å². The van der Waals surface area contributed by atoms with Crippen LogP contribution in [-0.4, -0.2) is 19.6 Å². The molecule has 310 valence electrons. The standard InChI is InChI=1S/C58H57N3O/c1-58(2,3)48-36-46(35-47(37-48)52-38-45(31-32-59-52)43-28-26-42(27-29-43)41-17-6-4-7-18-41)49-22-14-23-54-56(49)60-57(50-21-12-13-24-55(50)62)61(54)53-30-25-40(33-39-15-10-11-16-39)34-51(53)44-19-8-5-9-20-44/h5,8-9,12-14,19-32,34-39,41,62H,4,6-7,10-11,15-18,33H2,1-3H3/i33D2. The van der Waals surface area contributed by atoms with Crippen molar-refractivity contribution in [2.24, 2.45) is 5.92 Å². The maximum absolute atomic E-state index is 11.5. The van der Waals surface area contributed by atoms with Crippen molar-refractivity contribution >= 4 is 11.0 Å². The van der Waals surface area contributed by atoms with E-state index in [9.17, 15) is 7.85 Å². The lowest BCUT2D eigenvalue weighted by Crippen LogP contribution is -2.11. The summed E-state index contributed by atoms with van der Waals surface area (Å²) in [6.07, 6.45) is 11.0. The summed E-state index contributed by atoms with van der Waals surface area (Å²) in [5.41, 5.74) is 14.6. The SMILES string of the molecule is [2H]C([2H])(c1ccc(-n2c(-c3ccccc3O)nc3c(-c4cc(-c5cc(-c6ccc(C7CCCCC7)cc6)ccn5)cc(C(C)(C)C)c4)cccc32)c(-c2ccccc2)c1)C1CCCC1. The maximum Gasteiger partial charge on any atom is 0.149 e. The first-order valence-corrected chi connectivity index (χ1v) is 22.8. The van der Waals surface area contributed by atoms with E-state index < -0.39 is 6.37 Å². The van der Waals surface area contributed by atoms with Gasteiger partial charge in [0, 0.05) is 25.6 Å². The molecule has 4 nitrogen and oxygen atoms in total. The highest BCUT2D eigenvalue weighted by Gasteiger charge is 2.25. The molecule has 2 saturated carbocycles. The number of hydrogen-bond acceptors (Lipinski definition) is 3. The van der Waals surface area contributed by atoms with Gasteiger partial charge in [0.25, 0.3) is 0 Å². The second-order valence-electron chi connectivity index (χ2n) is 18.6. The molecule has 10 rings (SSSR count). The zero-order chi connectivity index (χ0) is 44.0. The lowest BCUT2D eigenvalue weighted by molar-refractivity contribution is 0.443. The molecule has 0 atom stereocenters. The van der Waals surface area contributed by atoms with Gasteiger partial charge in [-0.25, -0.2) is 4.98 Å². The zero-order valence-corrected chi connectivity index (χ0v) is 36.2. The van der Waals surface area contributed by atoms with Crippen molar-refractivity contribution in [3.05, 3.63) is 168 Å². The number of rotatable bonds is 9. The highest BCUT2D eigenvalue weighted by molar-refractivity contribution is 5.97. The number of aromatic nitrogens is 3. The fourth-order valence-corrected chi connectivity index (χ4v) is 9.91. The molecule has 0 radical (unpaired) electrons. The minimum atomic E-state index is -1.47. The normalized spacial score (nSPS) is 15.8. The number of nitrogens with zero attached hydrogens (tertiary/aromatic N) is 3. The second-order valence-corrected chi connectivity index (χ2v) is 18.6. The molecule has 0 bridgehead atoms. The lowest BCUT2D eigenvalue weighted by atomic mass is 9.83. The van der Waals surface area contributed by atoms with Gasteiger partial charge in [0.1, 0.15) is 11.6 Å². The molecule has 2 aliphatic rings. The van der Waals surface area contributed by atoms with Gasteiger partial charge in [0.15, 0.2) is 0 Å². The molecule has 2 fully saturated rings. The van der Waals surface area contributed by atoms with E-state index in [1.807, 2.05) is 48.7 Å². The van der Waals surface area contributed by atoms with Crippen LogP contribution in [0.15, 0.2) is 152 Å². The van der Waals surface area contributed by atoms with E-state index in [-0.39, 0.29) is 17.1 Å². The summed E-state index contributed by atoms with van der Waals surface area (Å²) in [5, 5.41) is 11.5. The van der Waals surface area contributed by atoms with E-state index in [1.54, 1.807) is 6.07 Å². The summed E-state index contributed by atoms with van der Waals surface area (Å²) in [5.74, 6) is 1.41. The molecule has 0 unspecified atom stereocenters. The summed E-state index contributed by atoms with van der Waals surface area (Å²) in [6.45, 7) is 6.76. The first-order valence-electron chi connectivity index (χ1n) is 23.8. The van der Waals surface area contributed by atoms with Crippen LogP contribution in [0.5, 0.6) is 5.75 Å². The predicted octanol–water partition coefficient (Wildman–Crippen LogP) is 15.5. The van der Waals surface area contributed by atoms with E-state index in [2.05, 4.69) is 122 Å². The number of aromatic hydroxyl groups is 1. The Morgan fingerprint density at radius 2 is 1.34 bits per heavy atom. The van der Waals surface area contributed by atoms with E-state index in [0.717, 1.165) is 81.5 Å². The van der Waals surface area contributed by atoms with Gasteiger partial charge in [0.05, 0.1) is 28.0 Å². The monoisotopic (exact) mass is 813 g/mol. The molecule has 0 spiro atoms. The van der Waals surface area contributed by atoms with Crippen molar-refractivity contribution in [1.82, 2.24) is 14.5 Å². The van der Waals surface area contributed by atoms with Gasteiger partial charge in [-0.05, 0) is 130 Å². The van der Waals surface area contributed by atoms with Crippen LogP contribution in [-0.2, 0) is 11.8 Å². The highest BCUT2D eigenvalue weighted by Crippen LogP contribution is 2.42. The minimum absolute atomic E-state index is 0.0145. The molecule has 2 aromatic heterocycles. The van der Waals surface area contributed by atoms with Crippen LogP contribution < -0.4 is 0 Å². The molecule has 0 aliphatic heterocycles. The summed E-state index contributed by atoms with van der Waals surface area (Å²) < 4.78 is 20.9. The molecule has 0 amide bonds. The number of pyridine rings is 1. The minimum Gasteiger partial charge on any atom is -0.507 e. The fraction of sp³-hybridized carbons (Fsp3) is 0.276.